The Hall–Kier alpha value is -1.06. The first-order chi connectivity index (χ1) is 7.05. The Labute approximate surface area is 82.9 Å². The van der Waals surface area contributed by atoms with Gasteiger partial charge in [-0.1, -0.05) is 13.8 Å². The van der Waals surface area contributed by atoms with Crippen LogP contribution in [-0.4, -0.2) is 25.0 Å². The first kappa shape index (κ1) is 7.35. The van der Waals surface area contributed by atoms with Gasteiger partial charge in [-0.2, -0.15) is 0 Å². The van der Waals surface area contributed by atoms with Crippen LogP contribution in [0.25, 0.3) is 0 Å². The molecule has 0 saturated heterocycles. The van der Waals surface area contributed by atoms with E-state index < -0.39 is 30.2 Å². The standard InChI is InChI=1S/C9H17NO3/c1-6(2)5-8(9(12)13-4)10-7(3)11/h6,8H,5H2,1-4H3,(H,10,11)/t8-/m1/s1/i5D,6D,8D/t5-,8+/m0. The lowest BCUT2D eigenvalue weighted by molar-refractivity contribution is -0.145. The van der Waals surface area contributed by atoms with Gasteiger partial charge in [-0.25, -0.2) is 4.79 Å². The second kappa shape index (κ2) is 5.56. The lowest BCUT2D eigenvalue weighted by Crippen LogP contribution is -2.41. The van der Waals surface area contributed by atoms with Crippen LogP contribution in [0.1, 0.15) is 31.3 Å². The number of amides is 1. The molecule has 0 aliphatic rings. The third-order valence-corrected chi connectivity index (χ3v) is 1.15. The highest BCUT2D eigenvalue weighted by atomic mass is 16.5. The summed E-state index contributed by atoms with van der Waals surface area (Å²) in [6, 6.07) is -2.26. The Kier molecular flexibility index (Phi) is 3.15. The van der Waals surface area contributed by atoms with E-state index in [1.807, 2.05) is 0 Å². The number of esters is 1. The zero-order chi connectivity index (χ0) is 13.1. The molecule has 0 unspecified atom stereocenters. The summed E-state index contributed by atoms with van der Waals surface area (Å²) in [4.78, 5) is 22.4. The third-order valence-electron chi connectivity index (χ3n) is 1.15. The van der Waals surface area contributed by atoms with E-state index in [0.717, 1.165) is 14.0 Å². The summed E-state index contributed by atoms with van der Waals surface area (Å²) in [5.74, 6) is -3.05. The van der Waals surface area contributed by atoms with Crippen molar-refractivity contribution in [2.45, 2.75) is 33.2 Å². The minimum atomic E-state index is -2.26. The molecule has 2 atom stereocenters. The van der Waals surface area contributed by atoms with Gasteiger partial charge in [0.15, 0.2) is 0 Å². The summed E-state index contributed by atoms with van der Waals surface area (Å²) in [7, 11) is 1.07. The Morgan fingerprint density at radius 1 is 1.62 bits per heavy atom. The predicted octanol–water partition coefficient (Wildman–Crippen LogP) is 0.710. The van der Waals surface area contributed by atoms with E-state index >= 15 is 0 Å². The topological polar surface area (TPSA) is 55.4 Å². The molecule has 1 amide bonds. The van der Waals surface area contributed by atoms with E-state index in [9.17, 15) is 9.59 Å². The fraction of sp³-hybridized carbons (Fsp3) is 0.778. The van der Waals surface area contributed by atoms with Gasteiger partial charge in [0.1, 0.15) is 6.02 Å². The molecule has 4 heteroatoms. The van der Waals surface area contributed by atoms with Crippen LogP contribution in [0.2, 0.25) is 0 Å². The van der Waals surface area contributed by atoms with E-state index in [0.29, 0.717) is 0 Å². The summed E-state index contributed by atoms with van der Waals surface area (Å²) in [5, 5.41) is 2.06. The van der Waals surface area contributed by atoms with Crippen LogP contribution in [0.3, 0.4) is 0 Å². The van der Waals surface area contributed by atoms with Crippen LogP contribution in [0.15, 0.2) is 0 Å². The highest BCUT2D eigenvalue weighted by Crippen LogP contribution is 2.05. The lowest BCUT2D eigenvalue weighted by atomic mass is 10.0. The third kappa shape index (κ3) is 5.22. The van der Waals surface area contributed by atoms with Crippen molar-refractivity contribution in [2.24, 2.45) is 5.89 Å². The molecule has 0 bridgehead atoms. The smallest absolute Gasteiger partial charge is 0.328 e. The maximum Gasteiger partial charge on any atom is 0.328 e. The van der Waals surface area contributed by atoms with Crippen LogP contribution in [-0.2, 0) is 14.3 Å². The molecule has 76 valence electrons. The molecular weight excluding hydrogens is 170 g/mol. The molecule has 0 spiro atoms. The Bertz CT molecular complexity index is 290. The second-order valence-corrected chi connectivity index (χ2v) is 2.81. The Morgan fingerprint density at radius 3 is 2.46 bits per heavy atom. The Morgan fingerprint density at radius 2 is 2.15 bits per heavy atom. The predicted molar refractivity (Wildman–Crippen MR) is 49.1 cm³/mol. The van der Waals surface area contributed by atoms with Gasteiger partial charge >= 0.3 is 5.97 Å². The molecule has 0 heterocycles. The van der Waals surface area contributed by atoms with Crippen molar-refractivity contribution in [3.63, 3.8) is 0 Å². The number of rotatable bonds is 4. The largest absolute Gasteiger partial charge is 0.467 e. The number of hydrogen-bond acceptors (Lipinski definition) is 3. The van der Waals surface area contributed by atoms with Crippen molar-refractivity contribution in [1.82, 2.24) is 5.32 Å². The van der Waals surface area contributed by atoms with Gasteiger partial charge in [0.2, 0.25) is 5.91 Å². The molecule has 1 N–H and O–H groups in total. The number of carbonyl (C=O) groups is 2. The molecule has 0 aromatic carbocycles. The van der Waals surface area contributed by atoms with Gasteiger partial charge in [-0.15, -0.1) is 0 Å². The number of hydrogen-bond donors (Lipinski definition) is 1. The molecule has 0 saturated carbocycles. The van der Waals surface area contributed by atoms with E-state index in [2.05, 4.69) is 10.1 Å². The summed E-state index contributed by atoms with van der Waals surface area (Å²) in [6.45, 7) is 3.91. The SMILES string of the molecule is [2H][C@@H](C([2H])(C)C)[C@@]([2H])(NC(C)=O)C(=O)OC. The molecule has 0 rings (SSSR count). The average Bonchev–Trinajstić information content (AvgIpc) is 2.12. The maximum atomic E-state index is 11.4. The number of carbonyl (C=O) groups excluding carboxylic acids is 2. The minimum Gasteiger partial charge on any atom is -0.467 e. The zero-order valence-electron chi connectivity index (χ0n) is 11.3. The van der Waals surface area contributed by atoms with Crippen LogP contribution in [0, 0.1) is 5.89 Å². The molecule has 0 aromatic heterocycles. The van der Waals surface area contributed by atoms with Gasteiger partial charge in [-0.05, 0) is 12.3 Å². The van der Waals surface area contributed by atoms with Crippen LogP contribution in [0.5, 0.6) is 0 Å². The molecule has 4 nitrogen and oxygen atoms in total. The molecule has 0 fully saturated rings. The monoisotopic (exact) mass is 190 g/mol. The van der Waals surface area contributed by atoms with Crippen molar-refractivity contribution in [3.8, 4) is 0 Å². The summed E-state index contributed by atoms with van der Waals surface area (Å²) < 4.78 is 27.5. The quantitative estimate of drug-likeness (QED) is 0.664. The van der Waals surface area contributed by atoms with Gasteiger partial charge < -0.3 is 10.1 Å². The summed E-state index contributed by atoms with van der Waals surface area (Å²) in [6.07, 6.45) is -1.46. The molecule has 0 aliphatic carbocycles. The van der Waals surface area contributed by atoms with Crippen molar-refractivity contribution in [3.05, 3.63) is 0 Å². The van der Waals surface area contributed by atoms with Crippen molar-refractivity contribution >= 4 is 11.9 Å². The van der Waals surface area contributed by atoms with Crippen molar-refractivity contribution in [1.29, 1.82) is 0 Å². The molecule has 0 aromatic rings. The fourth-order valence-electron chi connectivity index (χ4n) is 0.734. The normalized spacial score (nSPS) is 21.4. The Balaban J connectivity index is 5.23. The minimum absolute atomic E-state index is 0.623. The van der Waals surface area contributed by atoms with Crippen LogP contribution >= 0.6 is 0 Å². The van der Waals surface area contributed by atoms with Gasteiger partial charge in [0, 0.05) is 9.67 Å². The number of ether oxygens (including phenoxy) is 1. The van der Waals surface area contributed by atoms with Crippen molar-refractivity contribution < 1.29 is 18.4 Å². The highest BCUT2D eigenvalue weighted by Gasteiger charge is 2.20. The van der Waals surface area contributed by atoms with Crippen LogP contribution < -0.4 is 5.32 Å². The number of methoxy groups -OCH3 is 1. The van der Waals surface area contributed by atoms with Gasteiger partial charge in [-0.3, -0.25) is 4.79 Å². The molecule has 0 radical (unpaired) electrons. The van der Waals surface area contributed by atoms with E-state index in [4.69, 9.17) is 4.11 Å². The second-order valence-electron chi connectivity index (χ2n) is 2.81. The first-order valence-electron chi connectivity index (χ1n) is 5.43. The lowest BCUT2D eigenvalue weighted by Gasteiger charge is -2.16. The number of nitrogens with one attached hydrogen (secondary N) is 1. The molecule has 13 heavy (non-hydrogen) atoms. The molecule has 0 aliphatic heterocycles. The zero-order valence-corrected chi connectivity index (χ0v) is 8.30. The summed E-state index contributed by atoms with van der Waals surface area (Å²) >= 11 is 0. The van der Waals surface area contributed by atoms with E-state index in [1.165, 1.54) is 13.8 Å². The van der Waals surface area contributed by atoms with Gasteiger partial charge in [0.05, 0.1) is 8.48 Å². The fourth-order valence-corrected chi connectivity index (χ4v) is 0.734. The first-order valence-corrected chi connectivity index (χ1v) is 3.85. The maximum absolute atomic E-state index is 11.4. The van der Waals surface area contributed by atoms with Gasteiger partial charge in [0.25, 0.3) is 0 Å². The van der Waals surface area contributed by atoms with E-state index in [1.54, 1.807) is 0 Å². The van der Waals surface area contributed by atoms with Crippen LogP contribution in [0.4, 0.5) is 0 Å². The molecular formula is C9H17NO3. The summed E-state index contributed by atoms with van der Waals surface area (Å²) in [5.41, 5.74) is 0. The average molecular weight is 190 g/mol. The van der Waals surface area contributed by atoms with E-state index in [-0.39, 0.29) is 0 Å². The van der Waals surface area contributed by atoms with Crippen molar-refractivity contribution in [2.75, 3.05) is 7.11 Å². The highest BCUT2D eigenvalue weighted by molar-refractivity contribution is 5.83.